The second-order valence-corrected chi connectivity index (χ2v) is 9.68. The number of hydrogen-bond acceptors (Lipinski definition) is 5. The molecule has 2 spiro atoms. The Labute approximate surface area is 155 Å². The first-order valence-electron chi connectivity index (χ1n) is 10.6. The van der Waals surface area contributed by atoms with Crippen LogP contribution in [0.15, 0.2) is 0 Å². The molecule has 1 heterocycles. The fourth-order valence-electron chi connectivity index (χ4n) is 6.52. The highest BCUT2D eigenvalue weighted by Gasteiger charge is 2.66. The quantitative estimate of drug-likeness (QED) is 0.752. The molecule has 6 aliphatic rings. The summed E-state index contributed by atoms with van der Waals surface area (Å²) in [4.78, 5) is 23.7. The Kier molecular flexibility index (Phi) is 4.12. The first-order chi connectivity index (χ1) is 12.5. The lowest BCUT2D eigenvalue weighted by Crippen LogP contribution is -2.59. The minimum absolute atomic E-state index is 0.0745. The average Bonchev–Trinajstić information content (AvgIpc) is 2.99. The highest BCUT2D eigenvalue weighted by atomic mass is 17.3. The van der Waals surface area contributed by atoms with Gasteiger partial charge in [0.05, 0.1) is 6.04 Å². The molecule has 0 aromatic heterocycles. The second kappa shape index (κ2) is 6.16. The Morgan fingerprint density at radius 2 is 1.69 bits per heavy atom. The molecule has 146 valence electrons. The van der Waals surface area contributed by atoms with Gasteiger partial charge in [0.25, 0.3) is 0 Å². The molecule has 1 amide bonds. The standard InChI is InChI=1S/C20H32N2O4/c1-12(21)18(23)22-11-13-2-4-19(5-3-13)24-20(26-25-19)16-7-14-6-15(9-16)10-17(20)8-14/h12-17H,2-11,21H2,1H3,(H,22,23)/t12-,13?,14?,15?,16?,17?,19?,20?/m0/s1. The van der Waals surface area contributed by atoms with Crippen LogP contribution in [0.4, 0.5) is 0 Å². The van der Waals surface area contributed by atoms with Gasteiger partial charge in [-0.1, -0.05) is 0 Å². The van der Waals surface area contributed by atoms with Crippen LogP contribution in [-0.4, -0.2) is 30.1 Å². The van der Waals surface area contributed by atoms with Crippen molar-refractivity contribution >= 4 is 5.91 Å². The van der Waals surface area contributed by atoms with Gasteiger partial charge < -0.3 is 15.8 Å². The number of amides is 1. The largest absolute Gasteiger partial charge is 0.354 e. The van der Waals surface area contributed by atoms with E-state index >= 15 is 0 Å². The molecule has 1 aliphatic heterocycles. The number of nitrogens with two attached hydrogens (primary N) is 1. The van der Waals surface area contributed by atoms with Crippen molar-refractivity contribution in [3.8, 4) is 0 Å². The van der Waals surface area contributed by atoms with Gasteiger partial charge in [-0.05, 0) is 69.6 Å². The Morgan fingerprint density at radius 3 is 2.27 bits per heavy atom. The molecule has 1 atom stereocenters. The summed E-state index contributed by atoms with van der Waals surface area (Å²) >= 11 is 0. The van der Waals surface area contributed by atoms with Crippen molar-refractivity contribution in [3.05, 3.63) is 0 Å². The molecule has 5 saturated carbocycles. The SMILES string of the molecule is C[C@H](N)C(=O)NCC1CCC2(CC1)OOC1(O2)C2CC3CC(C2)CC1C3. The molecular weight excluding hydrogens is 332 g/mol. The fourth-order valence-corrected chi connectivity index (χ4v) is 6.52. The van der Waals surface area contributed by atoms with Crippen molar-refractivity contribution in [3.63, 3.8) is 0 Å². The molecule has 6 fully saturated rings. The van der Waals surface area contributed by atoms with E-state index in [9.17, 15) is 4.79 Å². The third-order valence-corrected chi connectivity index (χ3v) is 7.79. The molecule has 0 aromatic carbocycles. The van der Waals surface area contributed by atoms with Gasteiger partial charge in [0.15, 0.2) is 0 Å². The highest BCUT2D eigenvalue weighted by Crippen LogP contribution is 2.63. The molecule has 6 nitrogen and oxygen atoms in total. The summed E-state index contributed by atoms with van der Waals surface area (Å²) in [6.07, 6.45) is 10.1. The third-order valence-electron chi connectivity index (χ3n) is 7.79. The van der Waals surface area contributed by atoms with Crippen LogP contribution in [0.3, 0.4) is 0 Å². The zero-order valence-corrected chi connectivity index (χ0v) is 15.7. The third kappa shape index (κ3) is 2.72. The van der Waals surface area contributed by atoms with Crippen LogP contribution in [0.1, 0.15) is 64.7 Å². The lowest BCUT2D eigenvalue weighted by atomic mass is 9.53. The van der Waals surface area contributed by atoms with Gasteiger partial charge in [0.1, 0.15) is 0 Å². The molecule has 0 unspecified atom stereocenters. The van der Waals surface area contributed by atoms with E-state index in [-0.39, 0.29) is 5.91 Å². The second-order valence-electron chi connectivity index (χ2n) is 9.68. The van der Waals surface area contributed by atoms with E-state index in [0.717, 1.165) is 37.5 Å². The van der Waals surface area contributed by atoms with Crippen molar-refractivity contribution < 1.29 is 19.3 Å². The van der Waals surface area contributed by atoms with E-state index in [4.69, 9.17) is 20.2 Å². The number of rotatable bonds is 3. The van der Waals surface area contributed by atoms with E-state index in [2.05, 4.69) is 5.32 Å². The molecule has 1 saturated heterocycles. The maximum Gasteiger partial charge on any atom is 0.236 e. The lowest BCUT2D eigenvalue weighted by Gasteiger charge is -2.57. The van der Waals surface area contributed by atoms with E-state index in [1.807, 2.05) is 0 Å². The minimum Gasteiger partial charge on any atom is -0.354 e. The number of ether oxygens (including phenoxy) is 1. The van der Waals surface area contributed by atoms with Gasteiger partial charge >= 0.3 is 0 Å². The van der Waals surface area contributed by atoms with Gasteiger partial charge in [0.2, 0.25) is 17.5 Å². The Bertz CT molecular complexity index is 542. The monoisotopic (exact) mass is 364 g/mol. The minimum atomic E-state index is -0.558. The maximum absolute atomic E-state index is 11.7. The molecule has 6 rings (SSSR count). The summed E-state index contributed by atoms with van der Waals surface area (Å²) < 4.78 is 6.71. The normalized spacial score (nSPS) is 50.5. The molecular formula is C20H32N2O4. The van der Waals surface area contributed by atoms with Crippen LogP contribution in [0.2, 0.25) is 0 Å². The van der Waals surface area contributed by atoms with Crippen LogP contribution in [0.5, 0.6) is 0 Å². The van der Waals surface area contributed by atoms with Crippen LogP contribution >= 0.6 is 0 Å². The molecule has 5 aliphatic carbocycles. The van der Waals surface area contributed by atoms with Crippen LogP contribution < -0.4 is 11.1 Å². The molecule has 26 heavy (non-hydrogen) atoms. The smallest absolute Gasteiger partial charge is 0.236 e. The zero-order valence-electron chi connectivity index (χ0n) is 15.7. The predicted molar refractivity (Wildman–Crippen MR) is 94.4 cm³/mol. The van der Waals surface area contributed by atoms with Crippen LogP contribution in [0.25, 0.3) is 0 Å². The summed E-state index contributed by atoms with van der Waals surface area (Å²) in [6, 6.07) is -0.448. The van der Waals surface area contributed by atoms with Crippen molar-refractivity contribution in [1.29, 1.82) is 0 Å². The molecule has 3 N–H and O–H groups in total. The summed E-state index contributed by atoms with van der Waals surface area (Å²) in [5.74, 6) is 2.16. The van der Waals surface area contributed by atoms with E-state index in [1.165, 1.54) is 32.1 Å². The Hall–Kier alpha value is -0.690. The first-order valence-corrected chi connectivity index (χ1v) is 10.6. The van der Waals surface area contributed by atoms with Crippen molar-refractivity contribution in [2.24, 2.45) is 35.3 Å². The number of hydrogen-bond donors (Lipinski definition) is 2. The predicted octanol–water partition coefficient (Wildman–Crippen LogP) is 2.47. The Morgan fingerprint density at radius 1 is 1.08 bits per heavy atom. The van der Waals surface area contributed by atoms with Crippen molar-refractivity contribution in [2.75, 3.05) is 6.54 Å². The average molecular weight is 364 g/mol. The molecule has 0 aromatic rings. The summed E-state index contributed by atoms with van der Waals surface area (Å²) in [5, 5.41) is 2.95. The van der Waals surface area contributed by atoms with E-state index in [1.54, 1.807) is 6.92 Å². The van der Waals surface area contributed by atoms with Gasteiger partial charge in [-0.3, -0.25) is 4.79 Å². The van der Waals surface area contributed by atoms with Gasteiger partial charge in [-0.15, -0.1) is 0 Å². The number of carbonyl (C=O) groups is 1. The lowest BCUT2D eigenvalue weighted by molar-refractivity contribution is -0.390. The molecule has 0 radical (unpaired) electrons. The number of carbonyl (C=O) groups excluding carboxylic acids is 1. The van der Waals surface area contributed by atoms with E-state index in [0.29, 0.717) is 24.3 Å². The summed E-state index contributed by atoms with van der Waals surface area (Å²) in [6.45, 7) is 2.41. The van der Waals surface area contributed by atoms with Crippen LogP contribution in [0, 0.1) is 29.6 Å². The summed E-state index contributed by atoms with van der Waals surface area (Å²) in [7, 11) is 0. The van der Waals surface area contributed by atoms with Crippen LogP contribution in [-0.2, 0) is 19.3 Å². The van der Waals surface area contributed by atoms with Crippen molar-refractivity contribution in [1.82, 2.24) is 5.32 Å². The van der Waals surface area contributed by atoms with Crippen molar-refractivity contribution in [2.45, 2.75) is 82.3 Å². The summed E-state index contributed by atoms with van der Waals surface area (Å²) in [5.41, 5.74) is 5.61. The Balaban J connectivity index is 1.20. The first kappa shape index (κ1) is 17.4. The van der Waals surface area contributed by atoms with Gasteiger partial charge in [0, 0.05) is 31.2 Å². The topological polar surface area (TPSA) is 82.8 Å². The van der Waals surface area contributed by atoms with E-state index < -0.39 is 17.6 Å². The zero-order chi connectivity index (χ0) is 17.9. The van der Waals surface area contributed by atoms with Gasteiger partial charge in [-0.25, -0.2) is 0 Å². The molecule has 4 bridgehead atoms. The van der Waals surface area contributed by atoms with Gasteiger partial charge in [-0.2, -0.15) is 9.78 Å². The molecule has 6 heteroatoms. The fraction of sp³-hybridized carbons (Fsp3) is 0.950. The maximum atomic E-state index is 11.7. The number of nitrogens with one attached hydrogen (secondary N) is 1. The highest BCUT2D eigenvalue weighted by molar-refractivity contribution is 5.80.